The summed E-state index contributed by atoms with van der Waals surface area (Å²) in [6, 6.07) is 2.80. The number of benzene rings is 1. The molecule has 1 aromatic carbocycles. The molecule has 28 heavy (non-hydrogen) atoms. The Morgan fingerprint density at radius 3 is 2.36 bits per heavy atom. The number of nitrogens with one attached hydrogen (secondary N) is 3. The first-order valence-corrected chi connectivity index (χ1v) is 10.4. The Morgan fingerprint density at radius 2 is 1.86 bits per heavy atom. The predicted octanol–water partition coefficient (Wildman–Crippen LogP) is 1.70. The summed E-state index contributed by atoms with van der Waals surface area (Å²) in [5.74, 6) is 0.942. The first-order chi connectivity index (χ1) is 13.2. The van der Waals surface area contributed by atoms with Crippen molar-refractivity contribution in [1.82, 2.24) is 14.7 Å². The summed E-state index contributed by atoms with van der Waals surface area (Å²) in [6.07, 6.45) is 1.55. The Bertz CT molecular complexity index is 916. The van der Waals surface area contributed by atoms with Crippen LogP contribution in [0.2, 0.25) is 0 Å². The number of halogens is 1. The molecule has 4 N–H and O–H groups in total. The Balaban J connectivity index is 2.43. The van der Waals surface area contributed by atoms with Gasteiger partial charge in [-0.1, -0.05) is 0 Å². The third kappa shape index (κ3) is 5.01. The lowest BCUT2D eigenvalue weighted by atomic mass is 10.2. The molecule has 1 heterocycles. The smallest absolute Gasteiger partial charge is 0.247 e. The number of rotatable bonds is 9. The molecular weight excluding hydrogens is 454 g/mol. The summed E-state index contributed by atoms with van der Waals surface area (Å²) in [5.41, 5.74) is 0.465. The van der Waals surface area contributed by atoms with Crippen LogP contribution in [0.15, 0.2) is 27.7 Å². The molecule has 0 bridgehead atoms. The van der Waals surface area contributed by atoms with E-state index in [1.54, 1.807) is 13.1 Å². The standard InChI is InChI=1S/C16H22BrN5O5S/c1-9(8-23)20-15-11(17)7-19-16(22-15)21-10-5-12(26-3)14(13(6-10)27-4)28(24,25)18-2/h5-7,9,18,23H,8H2,1-4H3,(H2,19,20,21,22)/t9-/m1/s1. The second-order valence-corrected chi connectivity index (χ2v) is 8.34. The molecule has 0 aliphatic carbocycles. The van der Waals surface area contributed by atoms with Crippen LogP contribution < -0.4 is 24.8 Å². The fraction of sp³-hybridized carbons (Fsp3) is 0.375. The van der Waals surface area contributed by atoms with E-state index < -0.39 is 10.0 Å². The number of aromatic nitrogens is 2. The van der Waals surface area contributed by atoms with Crippen LogP contribution in [-0.4, -0.2) is 57.4 Å². The molecule has 1 aromatic heterocycles. The van der Waals surface area contributed by atoms with E-state index >= 15 is 0 Å². The van der Waals surface area contributed by atoms with Crippen molar-refractivity contribution in [3.63, 3.8) is 0 Å². The molecule has 12 heteroatoms. The molecular formula is C16H22BrN5O5S. The minimum absolute atomic E-state index is 0.0605. The second kappa shape index (κ2) is 9.37. The third-order valence-electron chi connectivity index (χ3n) is 3.66. The third-order valence-corrected chi connectivity index (χ3v) is 5.71. The summed E-state index contributed by atoms with van der Waals surface area (Å²) in [7, 11) is 0.228. The Kier molecular flexibility index (Phi) is 7.41. The summed E-state index contributed by atoms with van der Waals surface area (Å²) >= 11 is 3.35. The zero-order valence-electron chi connectivity index (χ0n) is 15.8. The molecule has 154 valence electrons. The van der Waals surface area contributed by atoms with Crippen LogP contribution >= 0.6 is 15.9 Å². The zero-order chi connectivity index (χ0) is 20.9. The van der Waals surface area contributed by atoms with Gasteiger partial charge in [0.1, 0.15) is 17.3 Å². The average Bonchev–Trinajstić information content (AvgIpc) is 2.69. The highest BCUT2D eigenvalue weighted by Gasteiger charge is 2.24. The lowest BCUT2D eigenvalue weighted by Crippen LogP contribution is -2.21. The summed E-state index contributed by atoms with van der Waals surface area (Å²) < 4.78 is 37.9. The number of anilines is 3. The average molecular weight is 476 g/mol. The van der Waals surface area contributed by atoms with E-state index in [2.05, 4.69) is 41.3 Å². The van der Waals surface area contributed by atoms with Gasteiger partial charge in [0, 0.05) is 30.1 Å². The molecule has 0 unspecified atom stereocenters. The normalized spacial score (nSPS) is 12.4. The molecule has 0 spiro atoms. The molecule has 2 aromatic rings. The highest BCUT2D eigenvalue weighted by molar-refractivity contribution is 9.10. The van der Waals surface area contributed by atoms with E-state index in [0.717, 1.165) is 0 Å². The van der Waals surface area contributed by atoms with Crippen LogP contribution in [0.3, 0.4) is 0 Å². The van der Waals surface area contributed by atoms with Gasteiger partial charge in [-0.15, -0.1) is 0 Å². The molecule has 0 radical (unpaired) electrons. The van der Waals surface area contributed by atoms with Crippen LogP contribution in [0, 0.1) is 0 Å². The fourth-order valence-corrected chi connectivity index (χ4v) is 3.58. The molecule has 2 rings (SSSR count). The molecule has 1 atom stereocenters. The van der Waals surface area contributed by atoms with Gasteiger partial charge in [0.15, 0.2) is 4.90 Å². The number of methoxy groups -OCH3 is 2. The van der Waals surface area contributed by atoms with Crippen molar-refractivity contribution in [2.24, 2.45) is 0 Å². The van der Waals surface area contributed by atoms with Gasteiger partial charge in [-0.2, -0.15) is 4.98 Å². The SMILES string of the molecule is CNS(=O)(=O)c1c(OC)cc(Nc2ncc(Br)c(N[C@H](C)CO)n2)cc1OC. The molecule has 0 saturated carbocycles. The van der Waals surface area contributed by atoms with Gasteiger partial charge >= 0.3 is 0 Å². The van der Waals surface area contributed by atoms with Crippen molar-refractivity contribution in [2.45, 2.75) is 17.9 Å². The van der Waals surface area contributed by atoms with E-state index in [0.29, 0.717) is 16.0 Å². The van der Waals surface area contributed by atoms with Crippen molar-refractivity contribution in [3.05, 3.63) is 22.8 Å². The summed E-state index contributed by atoms with van der Waals surface area (Å²) in [6.45, 7) is 1.74. The molecule has 0 aliphatic heterocycles. The molecule has 10 nitrogen and oxygen atoms in total. The van der Waals surface area contributed by atoms with E-state index in [1.165, 1.54) is 33.4 Å². The van der Waals surface area contributed by atoms with Gasteiger partial charge in [-0.05, 0) is 29.9 Å². The lowest BCUT2D eigenvalue weighted by molar-refractivity contribution is 0.281. The fourth-order valence-electron chi connectivity index (χ4n) is 2.26. The first-order valence-electron chi connectivity index (χ1n) is 8.12. The lowest BCUT2D eigenvalue weighted by Gasteiger charge is -2.16. The minimum Gasteiger partial charge on any atom is -0.495 e. The van der Waals surface area contributed by atoms with E-state index in [9.17, 15) is 13.5 Å². The maximum Gasteiger partial charge on any atom is 0.247 e. The van der Waals surface area contributed by atoms with Crippen molar-refractivity contribution in [1.29, 1.82) is 0 Å². The quantitative estimate of drug-likeness (QED) is 0.427. The highest BCUT2D eigenvalue weighted by Crippen LogP contribution is 2.37. The van der Waals surface area contributed by atoms with Crippen LogP contribution in [0.25, 0.3) is 0 Å². The van der Waals surface area contributed by atoms with Crippen LogP contribution in [-0.2, 0) is 10.0 Å². The molecule has 0 fully saturated rings. The number of hydrogen-bond donors (Lipinski definition) is 4. The number of aliphatic hydroxyl groups is 1. The van der Waals surface area contributed by atoms with Crippen LogP contribution in [0.1, 0.15) is 6.92 Å². The second-order valence-electron chi connectivity index (χ2n) is 5.66. The van der Waals surface area contributed by atoms with Crippen molar-refractivity contribution in [2.75, 3.05) is 38.5 Å². The van der Waals surface area contributed by atoms with Crippen molar-refractivity contribution >= 4 is 43.4 Å². The number of sulfonamides is 1. The van der Waals surface area contributed by atoms with Crippen molar-refractivity contribution < 1.29 is 23.0 Å². The van der Waals surface area contributed by atoms with Gasteiger partial charge in [0.2, 0.25) is 16.0 Å². The predicted molar refractivity (Wildman–Crippen MR) is 109 cm³/mol. The zero-order valence-corrected chi connectivity index (χ0v) is 18.2. The van der Waals surface area contributed by atoms with Crippen LogP contribution in [0.4, 0.5) is 17.5 Å². The maximum atomic E-state index is 12.3. The largest absolute Gasteiger partial charge is 0.495 e. The summed E-state index contributed by atoms with van der Waals surface area (Å²) in [4.78, 5) is 8.42. The molecule has 0 aliphatic rings. The number of nitrogens with zero attached hydrogens (tertiary/aromatic N) is 2. The van der Waals surface area contributed by atoms with Gasteiger partial charge in [0.25, 0.3) is 0 Å². The van der Waals surface area contributed by atoms with Crippen LogP contribution in [0.5, 0.6) is 11.5 Å². The summed E-state index contributed by atoms with van der Waals surface area (Å²) in [5, 5.41) is 15.2. The highest BCUT2D eigenvalue weighted by atomic mass is 79.9. The molecule has 0 saturated heterocycles. The first kappa shape index (κ1) is 22.1. The topological polar surface area (TPSA) is 135 Å². The van der Waals surface area contributed by atoms with E-state index in [-0.39, 0.29) is 35.0 Å². The van der Waals surface area contributed by atoms with Crippen molar-refractivity contribution in [3.8, 4) is 11.5 Å². The Morgan fingerprint density at radius 1 is 1.25 bits per heavy atom. The monoisotopic (exact) mass is 475 g/mol. The van der Waals surface area contributed by atoms with Gasteiger partial charge in [-0.25, -0.2) is 18.1 Å². The van der Waals surface area contributed by atoms with E-state index in [1.807, 2.05) is 0 Å². The van der Waals surface area contributed by atoms with Gasteiger partial charge < -0.3 is 25.2 Å². The number of aliphatic hydroxyl groups excluding tert-OH is 1. The number of hydrogen-bond acceptors (Lipinski definition) is 9. The maximum absolute atomic E-state index is 12.3. The van der Waals surface area contributed by atoms with E-state index in [4.69, 9.17) is 9.47 Å². The van der Waals surface area contributed by atoms with Gasteiger partial charge in [-0.3, -0.25) is 0 Å². The molecule has 0 amide bonds. The minimum atomic E-state index is -3.80. The Labute approximate surface area is 171 Å². The Hall–Kier alpha value is -2.15. The van der Waals surface area contributed by atoms with Gasteiger partial charge in [0.05, 0.1) is 25.3 Å². The number of ether oxygens (including phenoxy) is 2.